The summed E-state index contributed by atoms with van der Waals surface area (Å²) in [5.74, 6) is 0.930. The first-order chi connectivity index (χ1) is 9.65. The van der Waals surface area contributed by atoms with E-state index < -0.39 is 0 Å². The van der Waals surface area contributed by atoms with E-state index in [4.69, 9.17) is 10.5 Å². The molecule has 1 saturated heterocycles. The van der Waals surface area contributed by atoms with E-state index in [1.165, 1.54) is 31.5 Å². The lowest BCUT2D eigenvalue weighted by Crippen LogP contribution is -2.22. The summed E-state index contributed by atoms with van der Waals surface area (Å²) in [6, 6.07) is 6.44. The molecular formula is C16H25BrN2O. The summed E-state index contributed by atoms with van der Waals surface area (Å²) in [5, 5.41) is 0. The van der Waals surface area contributed by atoms with Gasteiger partial charge in [-0.2, -0.15) is 0 Å². The Labute approximate surface area is 130 Å². The summed E-state index contributed by atoms with van der Waals surface area (Å²) in [7, 11) is 0. The molecule has 0 aliphatic carbocycles. The average molecular weight is 341 g/mol. The molecule has 0 radical (unpaired) electrons. The third-order valence-corrected chi connectivity index (χ3v) is 4.25. The minimum absolute atomic E-state index is 0.189. The molecule has 3 nitrogen and oxygen atoms in total. The van der Waals surface area contributed by atoms with Gasteiger partial charge in [0.25, 0.3) is 0 Å². The second kappa shape index (κ2) is 8.01. The van der Waals surface area contributed by atoms with Crippen LogP contribution in [0, 0.1) is 0 Å². The Kier molecular flexibility index (Phi) is 6.33. The predicted octanol–water partition coefficient (Wildman–Crippen LogP) is 3.20. The van der Waals surface area contributed by atoms with Crippen molar-refractivity contribution in [3.63, 3.8) is 0 Å². The molecule has 0 aromatic heterocycles. The summed E-state index contributed by atoms with van der Waals surface area (Å²) in [6.45, 7) is 6.48. The second-order valence-electron chi connectivity index (χ2n) is 5.70. The Morgan fingerprint density at radius 2 is 2.10 bits per heavy atom. The summed E-state index contributed by atoms with van der Waals surface area (Å²) >= 11 is 3.58. The molecule has 0 amide bonds. The highest BCUT2D eigenvalue weighted by atomic mass is 79.9. The molecular weight excluding hydrogens is 316 g/mol. The molecule has 1 aromatic rings. The van der Waals surface area contributed by atoms with Crippen LogP contribution in [0.3, 0.4) is 0 Å². The van der Waals surface area contributed by atoms with Crippen LogP contribution in [0.15, 0.2) is 22.7 Å². The molecule has 0 spiro atoms. The molecule has 0 saturated carbocycles. The largest absolute Gasteiger partial charge is 0.492 e. The number of rotatable bonds is 7. The summed E-state index contributed by atoms with van der Waals surface area (Å²) in [5.41, 5.74) is 7.07. The number of nitrogens with zero attached hydrogens (tertiary/aromatic N) is 1. The summed E-state index contributed by atoms with van der Waals surface area (Å²) < 4.78 is 6.88. The normalized spacial score (nSPS) is 17.4. The third kappa shape index (κ3) is 5.08. The van der Waals surface area contributed by atoms with Gasteiger partial charge in [0.15, 0.2) is 0 Å². The Hall–Kier alpha value is -0.580. The molecule has 112 valence electrons. The molecule has 2 rings (SSSR count). The minimum Gasteiger partial charge on any atom is -0.492 e. The number of hydrogen-bond donors (Lipinski definition) is 1. The van der Waals surface area contributed by atoms with Crippen molar-refractivity contribution in [2.45, 2.75) is 38.6 Å². The fraction of sp³-hybridized carbons (Fsp3) is 0.625. The Morgan fingerprint density at radius 1 is 1.35 bits per heavy atom. The van der Waals surface area contributed by atoms with Gasteiger partial charge in [0.05, 0.1) is 11.1 Å². The molecule has 1 atom stereocenters. The lowest BCUT2D eigenvalue weighted by atomic mass is 10.1. The van der Waals surface area contributed by atoms with Crippen LogP contribution >= 0.6 is 15.9 Å². The van der Waals surface area contributed by atoms with Crippen LogP contribution in [0.25, 0.3) is 0 Å². The zero-order chi connectivity index (χ0) is 14.4. The van der Waals surface area contributed by atoms with Crippen molar-refractivity contribution in [2.75, 3.05) is 26.2 Å². The number of nitrogens with two attached hydrogens (primary N) is 1. The SMILES string of the molecule is CC(N)Cc1ccc(OCCCN2CCCC2)c(Br)c1. The third-order valence-electron chi connectivity index (χ3n) is 3.63. The van der Waals surface area contributed by atoms with Crippen molar-refractivity contribution in [3.05, 3.63) is 28.2 Å². The van der Waals surface area contributed by atoms with E-state index in [9.17, 15) is 0 Å². The number of hydrogen-bond acceptors (Lipinski definition) is 3. The fourth-order valence-corrected chi connectivity index (χ4v) is 3.18. The van der Waals surface area contributed by atoms with Gasteiger partial charge in [0.1, 0.15) is 5.75 Å². The van der Waals surface area contributed by atoms with Gasteiger partial charge in [-0.1, -0.05) is 6.07 Å². The molecule has 1 aromatic carbocycles. The zero-order valence-electron chi connectivity index (χ0n) is 12.3. The first-order valence-electron chi connectivity index (χ1n) is 7.54. The van der Waals surface area contributed by atoms with E-state index in [1.807, 2.05) is 13.0 Å². The highest BCUT2D eigenvalue weighted by Gasteiger charge is 2.10. The smallest absolute Gasteiger partial charge is 0.133 e. The van der Waals surface area contributed by atoms with Crippen molar-refractivity contribution >= 4 is 15.9 Å². The van der Waals surface area contributed by atoms with Gasteiger partial charge in [-0.15, -0.1) is 0 Å². The maximum atomic E-state index is 5.85. The van der Waals surface area contributed by atoms with Crippen LogP contribution in [0.1, 0.15) is 31.7 Å². The van der Waals surface area contributed by atoms with Gasteiger partial charge in [-0.25, -0.2) is 0 Å². The van der Waals surface area contributed by atoms with Crippen molar-refractivity contribution in [1.29, 1.82) is 0 Å². The van der Waals surface area contributed by atoms with Crippen LogP contribution in [0.2, 0.25) is 0 Å². The van der Waals surface area contributed by atoms with Crippen molar-refractivity contribution in [1.82, 2.24) is 4.90 Å². The van der Waals surface area contributed by atoms with E-state index in [-0.39, 0.29) is 6.04 Å². The lowest BCUT2D eigenvalue weighted by molar-refractivity contribution is 0.262. The molecule has 1 aliphatic rings. The molecule has 1 fully saturated rings. The van der Waals surface area contributed by atoms with Crippen LogP contribution in [-0.4, -0.2) is 37.2 Å². The van der Waals surface area contributed by atoms with E-state index in [0.717, 1.165) is 36.2 Å². The highest BCUT2D eigenvalue weighted by molar-refractivity contribution is 9.10. The topological polar surface area (TPSA) is 38.5 Å². The van der Waals surface area contributed by atoms with Gasteiger partial charge in [-0.3, -0.25) is 0 Å². The molecule has 1 heterocycles. The van der Waals surface area contributed by atoms with E-state index in [2.05, 4.69) is 33.0 Å². The Balaban J connectivity index is 1.74. The first kappa shape index (κ1) is 15.8. The van der Waals surface area contributed by atoms with Crippen molar-refractivity contribution in [3.8, 4) is 5.75 Å². The summed E-state index contributed by atoms with van der Waals surface area (Å²) in [6.07, 6.45) is 4.70. The predicted molar refractivity (Wildman–Crippen MR) is 87.3 cm³/mol. The maximum Gasteiger partial charge on any atom is 0.133 e. The molecule has 1 unspecified atom stereocenters. The number of benzene rings is 1. The maximum absolute atomic E-state index is 5.85. The quantitative estimate of drug-likeness (QED) is 0.774. The van der Waals surface area contributed by atoms with Crippen LogP contribution in [0.5, 0.6) is 5.75 Å². The standard InChI is InChI=1S/C16H25BrN2O/c1-13(18)11-14-5-6-16(15(17)12-14)20-10-4-9-19-7-2-3-8-19/h5-6,12-13H,2-4,7-11,18H2,1H3. The van der Waals surface area contributed by atoms with Gasteiger partial charge in [0, 0.05) is 12.6 Å². The molecule has 0 bridgehead atoms. The van der Waals surface area contributed by atoms with Crippen LogP contribution in [0.4, 0.5) is 0 Å². The molecule has 20 heavy (non-hydrogen) atoms. The number of halogens is 1. The van der Waals surface area contributed by atoms with Gasteiger partial charge in [-0.05, 0) is 79.3 Å². The molecule has 2 N–H and O–H groups in total. The van der Waals surface area contributed by atoms with Crippen LogP contribution in [-0.2, 0) is 6.42 Å². The lowest BCUT2D eigenvalue weighted by Gasteiger charge is -2.15. The van der Waals surface area contributed by atoms with Crippen molar-refractivity contribution in [2.24, 2.45) is 5.73 Å². The van der Waals surface area contributed by atoms with Gasteiger partial charge < -0.3 is 15.4 Å². The van der Waals surface area contributed by atoms with Crippen LogP contribution < -0.4 is 10.5 Å². The first-order valence-corrected chi connectivity index (χ1v) is 8.33. The fourth-order valence-electron chi connectivity index (χ4n) is 2.64. The highest BCUT2D eigenvalue weighted by Crippen LogP contribution is 2.26. The Bertz CT molecular complexity index is 417. The van der Waals surface area contributed by atoms with E-state index >= 15 is 0 Å². The minimum atomic E-state index is 0.189. The second-order valence-corrected chi connectivity index (χ2v) is 6.55. The Morgan fingerprint density at radius 3 is 2.75 bits per heavy atom. The number of ether oxygens (including phenoxy) is 1. The summed E-state index contributed by atoms with van der Waals surface area (Å²) in [4.78, 5) is 2.52. The average Bonchev–Trinajstić information content (AvgIpc) is 2.89. The zero-order valence-corrected chi connectivity index (χ0v) is 13.9. The van der Waals surface area contributed by atoms with Gasteiger partial charge >= 0.3 is 0 Å². The molecule has 1 aliphatic heterocycles. The molecule has 4 heteroatoms. The van der Waals surface area contributed by atoms with Crippen molar-refractivity contribution < 1.29 is 4.74 Å². The van der Waals surface area contributed by atoms with E-state index in [1.54, 1.807) is 0 Å². The monoisotopic (exact) mass is 340 g/mol. The number of likely N-dealkylation sites (tertiary alicyclic amines) is 1. The van der Waals surface area contributed by atoms with E-state index in [0.29, 0.717) is 0 Å². The van der Waals surface area contributed by atoms with Gasteiger partial charge in [0.2, 0.25) is 0 Å².